The van der Waals surface area contributed by atoms with Crippen LogP contribution in [0.25, 0.3) is 6.08 Å². The summed E-state index contributed by atoms with van der Waals surface area (Å²) < 4.78 is 11.8. The van der Waals surface area contributed by atoms with Gasteiger partial charge in [-0.15, -0.1) is 11.8 Å². The van der Waals surface area contributed by atoms with Crippen LogP contribution >= 0.6 is 11.8 Å². The molecule has 2 aromatic rings. The highest BCUT2D eigenvalue weighted by molar-refractivity contribution is 8.03. The van der Waals surface area contributed by atoms with E-state index in [0.29, 0.717) is 13.2 Å². The van der Waals surface area contributed by atoms with Gasteiger partial charge in [-0.2, -0.15) is 0 Å². The molecule has 136 valence electrons. The van der Waals surface area contributed by atoms with Crippen LogP contribution in [0.1, 0.15) is 5.56 Å². The number of nitrogens with one attached hydrogen (secondary N) is 1. The number of hydrogen-bond acceptors (Lipinski definition) is 6. The Hall–Kier alpha value is -2.02. The fourth-order valence-electron chi connectivity index (χ4n) is 3.07. The van der Waals surface area contributed by atoms with Crippen LogP contribution in [-0.2, 0) is 4.74 Å². The summed E-state index contributed by atoms with van der Waals surface area (Å²) in [6.07, 6.45) is 4.10. The van der Waals surface area contributed by atoms with Gasteiger partial charge in [-0.05, 0) is 35.9 Å². The number of aromatic nitrogens is 1. The van der Waals surface area contributed by atoms with Crippen molar-refractivity contribution in [2.24, 2.45) is 0 Å². The number of hydrogen-bond donors (Lipinski definition) is 1. The number of thioether (sulfide) groups is 1. The normalized spacial score (nSPS) is 21.9. The van der Waals surface area contributed by atoms with Crippen LogP contribution in [0, 0.1) is 0 Å². The highest BCUT2D eigenvalue weighted by atomic mass is 32.2. The molecule has 5 nitrogen and oxygen atoms in total. The summed E-state index contributed by atoms with van der Waals surface area (Å²) >= 11 is 1.86. The van der Waals surface area contributed by atoms with Gasteiger partial charge < -0.3 is 19.7 Å². The number of morpholine rings is 1. The molecule has 3 heterocycles. The second-order valence-electron chi connectivity index (χ2n) is 6.33. The van der Waals surface area contributed by atoms with Gasteiger partial charge in [0.1, 0.15) is 24.3 Å². The number of benzene rings is 1. The van der Waals surface area contributed by atoms with Gasteiger partial charge in [-0.25, -0.2) is 4.98 Å². The molecule has 0 aliphatic carbocycles. The van der Waals surface area contributed by atoms with Crippen molar-refractivity contribution in [2.45, 2.75) is 6.10 Å². The third-order valence-corrected chi connectivity index (χ3v) is 5.40. The SMILES string of the molecule is C(=C1CNCS1)c1ccc(OC[C@H]2CN(c3ccccn3)CCO2)cc1. The van der Waals surface area contributed by atoms with Crippen molar-refractivity contribution in [2.75, 3.05) is 43.6 Å². The van der Waals surface area contributed by atoms with E-state index in [2.05, 4.69) is 33.4 Å². The van der Waals surface area contributed by atoms with Crippen LogP contribution in [0.5, 0.6) is 5.75 Å². The predicted octanol–water partition coefficient (Wildman–Crippen LogP) is 3.00. The van der Waals surface area contributed by atoms with Crippen molar-refractivity contribution >= 4 is 23.7 Å². The van der Waals surface area contributed by atoms with E-state index in [1.54, 1.807) is 0 Å². The second-order valence-corrected chi connectivity index (χ2v) is 7.43. The summed E-state index contributed by atoms with van der Waals surface area (Å²) in [6.45, 7) is 3.87. The summed E-state index contributed by atoms with van der Waals surface area (Å²) in [5.41, 5.74) is 1.21. The molecule has 1 N–H and O–H groups in total. The number of pyridine rings is 1. The molecule has 0 saturated carbocycles. The molecule has 0 bridgehead atoms. The molecule has 6 heteroatoms. The van der Waals surface area contributed by atoms with Gasteiger partial charge in [0.15, 0.2) is 0 Å². The second kappa shape index (κ2) is 8.58. The number of rotatable bonds is 5. The Morgan fingerprint density at radius 1 is 1.27 bits per heavy atom. The third-order valence-electron chi connectivity index (χ3n) is 4.41. The Balaban J connectivity index is 1.30. The third kappa shape index (κ3) is 4.58. The Labute approximate surface area is 158 Å². The van der Waals surface area contributed by atoms with Crippen molar-refractivity contribution < 1.29 is 9.47 Å². The average Bonchev–Trinajstić information content (AvgIpc) is 3.21. The highest BCUT2D eigenvalue weighted by Gasteiger charge is 2.22. The highest BCUT2D eigenvalue weighted by Crippen LogP contribution is 2.23. The smallest absolute Gasteiger partial charge is 0.128 e. The van der Waals surface area contributed by atoms with E-state index < -0.39 is 0 Å². The monoisotopic (exact) mass is 369 g/mol. The lowest BCUT2D eigenvalue weighted by atomic mass is 10.2. The van der Waals surface area contributed by atoms with E-state index in [0.717, 1.165) is 37.1 Å². The Morgan fingerprint density at radius 3 is 2.96 bits per heavy atom. The molecule has 1 atom stereocenters. The Morgan fingerprint density at radius 2 is 2.19 bits per heavy atom. The van der Waals surface area contributed by atoms with Crippen LogP contribution in [0.2, 0.25) is 0 Å². The minimum absolute atomic E-state index is 0.0495. The van der Waals surface area contributed by atoms with E-state index in [1.807, 2.05) is 48.3 Å². The molecule has 4 rings (SSSR count). The lowest BCUT2D eigenvalue weighted by Gasteiger charge is -2.33. The number of nitrogens with zero attached hydrogens (tertiary/aromatic N) is 2. The average molecular weight is 369 g/mol. The first-order valence-electron chi connectivity index (χ1n) is 8.91. The molecule has 0 spiro atoms. The first-order valence-corrected chi connectivity index (χ1v) is 9.90. The van der Waals surface area contributed by atoms with Gasteiger partial charge >= 0.3 is 0 Å². The summed E-state index contributed by atoms with van der Waals surface area (Å²) in [5, 5.41) is 3.32. The molecular weight excluding hydrogens is 346 g/mol. The molecule has 0 radical (unpaired) electrons. The van der Waals surface area contributed by atoms with Crippen molar-refractivity contribution in [3.8, 4) is 5.75 Å². The zero-order valence-electron chi connectivity index (χ0n) is 14.6. The first kappa shape index (κ1) is 17.4. The van der Waals surface area contributed by atoms with Gasteiger partial charge in [0.25, 0.3) is 0 Å². The molecular formula is C20H23N3O2S. The van der Waals surface area contributed by atoms with Crippen LogP contribution < -0.4 is 15.0 Å². The van der Waals surface area contributed by atoms with E-state index in [1.165, 1.54) is 10.5 Å². The van der Waals surface area contributed by atoms with Crippen LogP contribution in [0.15, 0.2) is 53.6 Å². The van der Waals surface area contributed by atoms with Crippen LogP contribution in [-0.4, -0.2) is 49.8 Å². The number of ether oxygens (including phenoxy) is 2. The van der Waals surface area contributed by atoms with Crippen LogP contribution in [0.4, 0.5) is 5.82 Å². The summed E-state index contributed by atoms with van der Waals surface area (Å²) in [6, 6.07) is 14.2. The topological polar surface area (TPSA) is 46.6 Å². The van der Waals surface area contributed by atoms with Gasteiger partial charge in [0, 0.05) is 36.6 Å². The maximum Gasteiger partial charge on any atom is 0.128 e. The lowest BCUT2D eigenvalue weighted by molar-refractivity contribution is 0.0100. The van der Waals surface area contributed by atoms with Gasteiger partial charge in [0.05, 0.1) is 6.61 Å². The van der Waals surface area contributed by atoms with Crippen LogP contribution in [0.3, 0.4) is 0 Å². The molecule has 1 aromatic heterocycles. The standard InChI is InChI=1S/C20H23N3O2S/c1-2-8-22-20(3-1)23-9-10-24-18(13-23)14-25-17-6-4-16(5-7-17)11-19-12-21-15-26-19/h1-8,11,18,21H,9-10,12-15H2/t18-/m1/s1. The molecule has 2 fully saturated rings. The van der Waals surface area contributed by atoms with E-state index in [4.69, 9.17) is 9.47 Å². The first-order chi connectivity index (χ1) is 12.9. The molecule has 2 saturated heterocycles. The van der Waals surface area contributed by atoms with E-state index in [-0.39, 0.29) is 6.10 Å². The van der Waals surface area contributed by atoms with E-state index >= 15 is 0 Å². The van der Waals surface area contributed by atoms with Crippen molar-refractivity contribution in [3.63, 3.8) is 0 Å². The molecule has 0 unspecified atom stereocenters. The van der Waals surface area contributed by atoms with Crippen molar-refractivity contribution in [1.29, 1.82) is 0 Å². The summed E-state index contributed by atoms with van der Waals surface area (Å²) in [4.78, 5) is 8.05. The summed E-state index contributed by atoms with van der Waals surface area (Å²) in [5.74, 6) is 2.88. The van der Waals surface area contributed by atoms with Gasteiger partial charge in [-0.1, -0.05) is 18.2 Å². The van der Waals surface area contributed by atoms with Gasteiger partial charge in [0.2, 0.25) is 0 Å². The zero-order valence-corrected chi connectivity index (χ0v) is 15.5. The quantitative estimate of drug-likeness (QED) is 0.874. The molecule has 1 aromatic carbocycles. The van der Waals surface area contributed by atoms with E-state index in [9.17, 15) is 0 Å². The molecule has 26 heavy (non-hydrogen) atoms. The molecule has 2 aliphatic rings. The Bertz CT molecular complexity index is 728. The maximum absolute atomic E-state index is 5.94. The minimum Gasteiger partial charge on any atom is -0.491 e. The lowest BCUT2D eigenvalue weighted by Crippen LogP contribution is -2.45. The largest absolute Gasteiger partial charge is 0.491 e. The maximum atomic E-state index is 5.94. The fraction of sp³-hybridized carbons (Fsp3) is 0.350. The minimum atomic E-state index is 0.0495. The fourth-order valence-corrected chi connectivity index (χ4v) is 3.88. The van der Waals surface area contributed by atoms with Crippen molar-refractivity contribution in [3.05, 3.63) is 59.1 Å². The van der Waals surface area contributed by atoms with Gasteiger partial charge in [-0.3, -0.25) is 0 Å². The summed E-state index contributed by atoms with van der Waals surface area (Å²) in [7, 11) is 0. The molecule has 2 aliphatic heterocycles. The number of anilines is 1. The van der Waals surface area contributed by atoms with Crippen molar-refractivity contribution in [1.82, 2.24) is 10.3 Å². The Kier molecular flexibility index (Phi) is 5.74. The predicted molar refractivity (Wildman–Crippen MR) is 107 cm³/mol. The molecule has 0 amide bonds. The zero-order chi connectivity index (χ0) is 17.6.